The highest BCUT2D eigenvalue weighted by Gasteiger charge is 2.21. The van der Waals surface area contributed by atoms with Gasteiger partial charge in [0.15, 0.2) is 11.6 Å². The number of nitrogens with zero attached hydrogens (tertiary/aromatic N) is 4. The SMILES string of the molecule is Nc1c(Nc2ccccc2Cl)ncnc1N1CCN(c2ccccc2)CC1. The molecule has 7 heteroatoms. The van der Waals surface area contributed by atoms with Gasteiger partial charge in [-0.15, -0.1) is 0 Å². The minimum Gasteiger partial charge on any atom is -0.393 e. The van der Waals surface area contributed by atoms with Crippen LogP contribution < -0.4 is 20.9 Å². The summed E-state index contributed by atoms with van der Waals surface area (Å²) in [4.78, 5) is 13.3. The zero-order valence-corrected chi connectivity index (χ0v) is 15.6. The molecule has 1 saturated heterocycles. The van der Waals surface area contributed by atoms with E-state index in [9.17, 15) is 0 Å². The van der Waals surface area contributed by atoms with Gasteiger partial charge in [-0.25, -0.2) is 9.97 Å². The van der Waals surface area contributed by atoms with Crippen molar-refractivity contribution in [3.05, 3.63) is 65.9 Å². The molecule has 138 valence electrons. The Morgan fingerprint density at radius 2 is 1.52 bits per heavy atom. The summed E-state index contributed by atoms with van der Waals surface area (Å²) in [5.74, 6) is 1.32. The predicted molar refractivity (Wildman–Crippen MR) is 112 cm³/mol. The summed E-state index contributed by atoms with van der Waals surface area (Å²) in [6.07, 6.45) is 1.54. The average Bonchev–Trinajstić information content (AvgIpc) is 2.72. The molecule has 0 atom stereocenters. The minimum absolute atomic E-state index is 0.533. The van der Waals surface area contributed by atoms with Crippen LogP contribution in [0.4, 0.5) is 28.7 Å². The van der Waals surface area contributed by atoms with E-state index in [1.807, 2.05) is 30.3 Å². The Hall–Kier alpha value is -2.99. The molecule has 1 aliphatic rings. The molecule has 0 saturated carbocycles. The average molecular weight is 381 g/mol. The van der Waals surface area contributed by atoms with E-state index in [-0.39, 0.29) is 0 Å². The van der Waals surface area contributed by atoms with Crippen molar-refractivity contribution in [1.29, 1.82) is 0 Å². The van der Waals surface area contributed by atoms with E-state index in [4.69, 9.17) is 17.3 Å². The van der Waals surface area contributed by atoms with Gasteiger partial charge in [-0.1, -0.05) is 41.9 Å². The number of benzene rings is 2. The molecular formula is C20H21ClN6. The van der Waals surface area contributed by atoms with Crippen LogP contribution in [-0.4, -0.2) is 36.1 Å². The molecule has 0 spiro atoms. The van der Waals surface area contributed by atoms with Gasteiger partial charge in [0.05, 0.1) is 10.7 Å². The number of nitrogen functional groups attached to an aromatic ring is 1. The quantitative estimate of drug-likeness (QED) is 0.717. The molecule has 0 aliphatic carbocycles. The van der Waals surface area contributed by atoms with E-state index in [1.165, 1.54) is 12.0 Å². The molecule has 27 heavy (non-hydrogen) atoms. The Morgan fingerprint density at radius 1 is 0.852 bits per heavy atom. The monoisotopic (exact) mass is 380 g/mol. The van der Waals surface area contributed by atoms with Crippen molar-refractivity contribution in [2.45, 2.75) is 0 Å². The van der Waals surface area contributed by atoms with Gasteiger partial charge in [-0.2, -0.15) is 0 Å². The lowest BCUT2D eigenvalue weighted by molar-refractivity contribution is 0.647. The normalized spacial score (nSPS) is 14.3. The van der Waals surface area contributed by atoms with Crippen LogP contribution in [0.2, 0.25) is 5.02 Å². The standard InChI is InChI=1S/C20H21ClN6/c21-16-8-4-5-9-17(16)25-19-18(22)20(24-14-23-19)27-12-10-26(11-13-27)15-6-2-1-3-7-15/h1-9,14H,10-13,22H2,(H,23,24,25). The fraction of sp³-hybridized carbons (Fsp3) is 0.200. The molecule has 3 N–H and O–H groups in total. The molecular weight excluding hydrogens is 360 g/mol. The van der Waals surface area contributed by atoms with E-state index in [0.29, 0.717) is 16.5 Å². The zero-order chi connectivity index (χ0) is 18.6. The lowest BCUT2D eigenvalue weighted by Gasteiger charge is -2.37. The van der Waals surface area contributed by atoms with Gasteiger partial charge in [0.25, 0.3) is 0 Å². The molecule has 0 amide bonds. The number of hydrogen-bond acceptors (Lipinski definition) is 6. The third-order valence-corrected chi connectivity index (χ3v) is 5.02. The van der Waals surface area contributed by atoms with Crippen molar-refractivity contribution >= 4 is 40.3 Å². The van der Waals surface area contributed by atoms with Gasteiger partial charge >= 0.3 is 0 Å². The number of anilines is 5. The first-order valence-electron chi connectivity index (χ1n) is 8.89. The summed E-state index contributed by atoms with van der Waals surface area (Å²) in [5.41, 5.74) is 8.92. The Labute approximate surface area is 163 Å². The van der Waals surface area contributed by atoms with E-state index in [2.05, 4.69) is 49.4 Å². The topological polar surface area (TPSA) is 70.3 Å². The summed E-state index contributed by atoms with van der Waals surface area (Å²) in [7, 11) is 0. The van der Waals surface area contributed by atoms with Crippen molar-refractivity contribution < 1.29 is 0 Å². The maximum atomic E-state index is 6.37. The van der Waals surface area contributed by atoms with Crippen molar-refractivity contribution in [3.63, 3.8) is 0 Å². The molecule has 2 aromatic carbocycles. The highest BCUT2D eigenvalue weighted by Crippen LogP contribution is 2.31. The fourth-order valence-electron chi connectivity index (χ4n) is 3.24. The first-order chi connectivity index (χ1) is 13.2. The molecule has 1 fully saturated rings. The predicted octanol–water partition coefficient (Wildman–Crippen LogP) is 3.78. The van der Waals surface area contributed by atoms with E-state index >= 15 is 0 Å². The molecule has 4 rings (SSSR count). The zero-order valence-electron chi connectivity index (χ0n) is 14.8. The smallest absolute Gasteiger partial charge is 0.159 e. The van der Waals surface area contributed by atoms with E-state index in [1.54, 1.807) is 0 Å². The van der Waals surface area contributed by atoms with Crippen molar-refractivity contribution in [2.75, 3.05) is 47.0 Å². The number of nitrogens with two attached hydrogens (primary N) is 1. The van der Waals surface area contributed by atoms with Crippen LogP contribution in [0, 0.1) is 0 Å². The first-order valence-corrected chi connectivity index (χ1v) is 9.27. The summed E-state index contributed by atoms with van der Waals surface area (Å²) in [6.45, 7) is 3.53. The van der Waals surface area contributed by atoms with Crippen LogP contribution in [-0.2, 0) is 0 Å². The van der Waals surface area contributed by atoms with Crippen molar-refractivity contribution in [2.24, 2.45) is 0 Å². The van der Waals surface area contributed by atoms with Gasteiger partial charge in [0.2, 0.25) is 0 Å². The number of rotatable bonds is 4. The number of nitrogens with one attached hydrogen (secondary N) is 1. The Morgan fingerprint density at radius 3 is 2.26 bits per heavy atom. The van der Waals surface area contributed by atoms with Gasteiger partial charge < -0.3 is 20.9 Å². The number of hydrogen-bond donors (Lipinski definition) is 2. The summed E-state index contributed by atoms with van der Waals surface area (Å²) >= 11 is 6.23. The van der Waals surface area contributed by atoms with Crippen LogP contribution in [0.15, 0.2) is 60.9 Å². The second kappa shape index (κ2) is 7.72. The molecule has 1 aliphatic heterocycles. The van der Waals surface area contributed by atoms with Gasteiger partial charge in [0.1, 0.15) is 12.0 Å². The Kier molecular flexibility index (Phi) is 4.98. The second-order valence-corrected chi connectivity index (χ2v) is 6.78. The summed E-state index contributed by atoms with van der Waals surface area (Å²) < 4.78 is 0. The highest BCUT2D eigenvalue weighted by molar-refractivity contribution is 6.33. The third-order valence-electron chi connectivity index (χ3n) is 4.69. The van der Waals surface area contributed by atoms with E-state index < -0.39 is 0 Å². The molecule has 1 aromatic heterocycles. The number of aromatic nitrogens is 2. The van der Waals surface area contributed by atoms with Gasteiger partial charge in [-0.05, 0) is 24.3 Å². The molecule has 2 heterocycles. The fourth-order valence-corrected chi connectivity index (χ4v) is 3.43. The number of halogens is 1. The van der Waals surface area contributed by atoms with Gasteiger partial charge in [0, 0.05) is 31.9 Å². The maximum absolute atomic E-state index is 6.37. The second-order valence-electron chi connectivity index (χ2n) is 6.37. The van der Waals surface area contributed by atoms with Crippen molar-refractivity contribution in [3.8, 4) is 0 Å². The van der Waals surface area contributed by atoms with Gasteiger partial charge in [-0.3, -0.25) is 0 Å². The Balaban J connectivity index is 1.49. The molecule has 3 aromatic rings. The molecule has 0 bridgehead atoms. The largest absolute Gasteiger partial charge is 0.393 e. The Bertz CT molecular complexity index is 909. The molecule has 0 radical (unpaired) electrons. The lowest BCUT2D eigenvalue weighted by Crippen LogP contribution is -2.47. The molecule has 6 nitrogen and oxygen atoms in total. The van der Waals surface area contributed by atoms with Crippen LogP contribution >= 0.6 is 11.6 Å². The van der Waals surface area contributed by atoms with Crippen LogP contribution in [0.3, 0.4) is 0 Å². The first kappa shape index (κ1) is 17.4. The number of para-hydroxylation sites is 2. The third kappa shape index (κ3) is 3.75. The lowest BCUT2D eigenvalue weighted by atomic mass is 10.2. The summed E-state index contributed by atoms with van der Waals surface area (Å²) in [5, 5.41) is 3.83. The summed E-state index contributed by atoms with van der Waals surface area (Å²) in [6, 6.07) is 18.0. The van der Waals surface area contributed by atoms with E-state index in [0.717, 1.165) is 37.7 Å². The minimum atomic E-state index is 0.533. The number of piperazine rings is 1. The maximum Gasteiger partial charge on any atom is 0.159 e. The molecule has 0 unspecified atom stereocenters. The van der Waals surface area contributed by atoms with Crippen LogP contribution in [0.1, 0.15) is 0 Å². The highest BCUT2D eigenvalue weighted by atomic mass is 35.5. The van der Waals surface area contributed by atoms with Crippen LogP contribution in [0.5, 0.6) is 0 Å². The van der Waals surface area contributed by atoms with Crippen molar-refractivity contribution in [1.82, 2.24) is 9.97 Å². The van der Waals surface area contributed by atoms with Crippen LogP contribution in [0.25, 0.3) is 0 Å².